The van der Waals surface area contributed by atoms with Gasteiger partial charge in [-0.05, 0) is 101 Å². The van der Waals surface area contributed by atoms with E-state index < -0.39 is 0 Å². The van der Waals surface area contributed by atoms with E-state index in [1.54, 1.807) is 0 Å². The molecule has 0 heteroatoms. The molecule has 0 spiro atoms. The van der Waals surface area contributed by atoms with E-state index in [-0.39, 0.29) is 0 Å². The molecule has 0 nitrogen and oxygen atoms in total. The lowest BCUT2D eigenvalue weighted by atomic mass is 9.84. The molecule has 0 heterocycles. The number of hydrogen-bond donors (Lipinski definition) is 0. The van der Waals surface area contributed by atoms with E-state index in [0.717, 1.165) is 0 Å². The molecule has 8 aromatic carbocycles. The molecule has 0 unspecified atom stereocenters. The van der Waals surface area contributed by atoms with Crippen LogP contribution < -0.4 is 0 Å². The minimum absolute atomic E-state index is 1.23. The normalized spacial score (nSPS) is 11.3. The van der Waals surface area contributed by atoms with Crippen LogP contribution in [-0.4, -0.2) is 0 Å². The maximum absolute atomic E-state index is 2.40. The summed E-state index contributed by atoms with van der Waals surface area (Å²) in [6, 6.07) is 61.8. The molecule has 0 saturated carbocycles. The van der Waals surface area contributed by atoms with Gasteiger partial charge in [-0.25, -0.2) is 0 Å². The van der Waals surface area contributed by atoms with Gasteiger partial charge in [0, 0.05) is 0 Å². The van der Waals surface area contributed by atoms with E-state index in [4.69, 9.17) is 0 Å². The van der Waals surface area contributed by atoms with Crippen LogP contribution in [0.15, 0.2) is 170 Å². The quantitative estimate of drug-likeness (QED) is 0.198. The third kappa shape index (κ3) is 4.17. The van der Waals surface area contributed by atoms with Crippen molar-refractivity contribution in [2.45, 2.75) is 0 Å². The SMILES string of the molecule is c1ccc(-c2cccc(-c3c4ccccc4c(-c4cccc(-c5ccccc5)c4)c4cc5ccccc5cc34)c2)cc1. The van der Waals surface area contributed by atoms with Crippen LogP contribution in [0.3, 0.4) is 0 Å². The van der Waals surface area contributed by atoms with E-state index >= 15 is 0 Å². The number of benzene rings is 8. The Labute approximate surface area is 246 Å². The lowest BCUT2D eigenvalue weighted by Crippen LogP contribution is -1.92. The standard InChI is InChI=1S/C42H28/c1-3-13-29(14-4-1)31-19-11-21-35(25-31)41-37-23-9-10-24-38(37)42(40-28-34-18-8-7-17-33(34)27-39(40)41)36-22-12-20-32(26-36)30-15-5-2-6-16-30/h1-28H. The Morgan fingerprint density at radius 3 is 1.02 bits per heavy atom. The summed E-state index contributed by atoms with van der Waals surface area (Å²) in [5.41, 5.74) is 9.95. The molecule has 0 atom stereocenters. The Kier molecular flexibility index (Phi) is 5.90. The van der Waals surface area contributed by atoms with Gasteiger partial charge in [-0.1, -0.05) is 146 Å². The van der Waals surface area contributed by atoms with Crippen molar-refractivity contribution in [2.75, 3.05) is 0 Å². The van der Waals surface area contributed by atoms with Crippen molar-refractivity contribution in [2.24, 2.45) is 0 Å². The molecule has 0 radical (unpaired) electrons. The van der Waals surface area contributed by atoms with E-state index in [1.807, 2.05) is 0 Å². The van der Waals surface area contributed by atoms with E-state index in [9.17, 15) is 0 Å². The van der Waals surface area contributed by atoms with Crippen molar-refractivity contribution in [1.29, 1.82) is 0 Å². The van der Waals surface area contributed by atoms with Crippen LogP contribution in [0.4, 0.5) is 0 Å². The van der Waals surface area contributed by atoms with Crippen LogP contribution >= 0.6 is 0 Å². The van der Waals surface area contributed by atoms with Gasteiger partial charge < -0.3 is 0 Å². The van der Waals surface area contributed by atoms with Gasteiger partial charge >= 0.3 is 0 Å². The number of hydrogen-bond acceptors (Lipinski definition) is 0. The third-order valence-corrected chi connectivity index (χ3v) is 8.41. The zero-order valence-corrected chi connectivity index (χ0v) is 23.2. The highest BCUT2D eigenvalue weighted by molar-refractivity contribution is 6.23. The Bertz CT molecular complexity index is 2060. The minimum Gasteiger partial charge on any atom is -0.0622 e. The lowest BCUT2D eigenvalue weighted by molar-refractivity contribution is 1.60. The number of fused-ring (bicyclic) bond motifs is 3. The van der Waals surface area contributed by atoms with Gasteiger partial charge in [-0.2, -0.15) is 0 Å². The van der Waals surface area contributed by atoms with Crippen molar-refractivity contribution in [3.63, 3.8) is 0 Å². The average Bonchev–Trinajstić information content (AvgIpc) is 3.07. The Morgan fingerprint density at radius 1 is 0.214 bits per heavy atom. The molecule has 0 bridgehead atoms. The molecular weight excluding hydrogens is 504 g/mol. The third-order valence-electron chi connectivity index (χ3n) is 8.41. The first-order valence-electron chi connectivity index (χ1n) is 14.5. The molecule has 0 aromatic heterocycles. The summed E-state index contributed by atoms with van der Waals surface area (Å²) < 4.78 is 0. The highest BCUT2D eigenvalue weighted by atomic mass is 14.2. The molecule has 42 heavy (non-hydrogen) atoms. The van der Waals surface area contributed by atoms with Crippen molar-refractivity contribution < 1.29 is 0 Å². The van der Waals surface area contributed by atoms with Gasteiger partial charge in [0.05, 0.1) is 0 Å². The molecule has 0 fully saturated rings. The second-order valence-electron chi connectivity index (χ2n) is 10.9. The fourth-order valence-electron chi connectivity index (χ4n) is 6.46. The van der Waals surface area contributed by atoms with Gasteiger partial charge in [-0.3, -0.25) is 0 Å². The first-order valence-corrected chi connectivity index (χ1v) is 14.5. The summed E-state index contributed by atoms with van der Waals surface area (Å²) >= 11 is 0. The molecule has 0 aliphatic heterocycles. The van der Waals surface area contributed by atoms with Crippen molar-refractivity contribution in [1.82, 2.24) is 0 Å². The highest BCUT2D eigenvalue weighted by Crippen LogP contribution is 2.45. The topological polar surface area (TPSA) is 0 Å². The first-order chi connectivity index (χ1) is 20.8. The zero-order chi connectivity index (χ0) is 27.9. The van der Waals surface area contributed by atoms with Crippen LogP contribution in [-0.2, 0) is 0 Å². The van der Waals surface area contributed by atoms with Gasteiger partial charge in [0.1, 0.15) is 0 Å². The van der Waals surface area contributed by atoms with Crippen LogP contribution in [0.2, 0.25) is 0 Å². The van der Waals surface area contributed by atoms with Crippen molar-refractivity contribution >= 4 is 32.3 Å². The smallest absolute Gasteiger partial charge is 0.00259 e. The zero-order valence-electron chi connectivity index (χ0n) is 23.2. The minimum atomic E-state index is 1.23. The van der Waals surface area contributed by atoms with Crippen LogP contribution in [0.25, 0.3) is 76.8 Å². The second-order valence-corrected chi connectivity index (χ2v) is 10.9. The molecule has 0 aliphatic rings. The maximum Gasteiger partial charge on any atom is -0.00259 e. The molecule has 0 N–H and O–H groups in total. The second kappa shape index (κ2) is 10.2. The monoisotopic (exact) mass is 532 g/mol. The molecule has 8 rings (SSSR count). The van der Waals surface area contributed by atoms with Crippen molar-refractivity contribution in [3.05, 3.63) is 170 Å². The van der Waals surface area contributed by atoms with Crippen LogP contribution in [0, 0.1) is 0 Å². The van der Waals surface area contributed by atoms with Gasteiger partial charge in [0.15, 0.2) is 0 Å². The predicted molar refractivity (Wildman–Crippen MR) is 181 cm³/mol. The average molecular weight is 533 g/mol. The van der Waals surface area contributed by atoms with E-state index in [2.05, 4.69) is 170 Å². The summed E-state index contributed by atoms with van der Waals surface area (Å²) in [6.07, 6.45) is 0. The van der Waals surface area contributed by atoms with Gasteiger partial charge in [0.2, 0.25) is 0 Å². The summed E-state index contributed by atoms with van der Waals surface area (Å²) in [5, 5.41) is 7.60. The molecule has 8 aromatic rings. The summed E-state index contributed by atoms with van der Waals surface area (Å²) in [6.45, 7) is 0. The predicted octanol–water partition coefficient (Wildman–Crippen LogP) is 11.8. The van der Waals surface area contributed by atoms with Crippen LogP contribution in [0.5, 0.6) is 0 Å². The summed E-state index contributed by atoms with van der Waals surface area (Å²) in [5.74, 6) is 0. The van der Waals surface area contributed by atoms with Crippen molar-refractivity contribution in [3.8, 4) is 44.5 Å². The largest absolute Gasteiger partial charge is 0.0622 e. The molecule has 0 saturated heterocycles. The van der Waals surface area contributed by atoms with Gasteiger partial charge in [0.25, 0.3) is 0 Å². The fourth-order valence-corrected chi connectivity index (χ4v) is 6.46. The Morgan fingerprint density at radius 2 is 0.571 bits per heavy atom. The molecule has 0 aliphatic carbocycles. The molecule has 196 valence electrons. The Balaban J connectivity index is 1.48. The van der Waals surface area contributed by atoms with Crippen LogP contribution in [0.1, 0.15) is 0 Å². The molecule has 0 amide bonds. The fraction of sp³-hybridized carbons (Fsp3) is 0. The summed E-state index contributed by atoms with van der Waals surface area (Å²) in [7, 11) is 0. The maximum atomic E-state index is 2.40. The van der Waals surface area contributed by atoms with Gasteiger partial charge in [-0.15, -0.1) is 0 Å². The number of rotatable bonds is 4. The Hall–Kier alpha value is -5.46. The highest BCUT2D eigenvalue weighted by Gasteiger charge is 2.18. The first kappa shape index (κ1) is 24.3. The van der Waals surface area contributed by atoms with E-state index in [0.29, 0.717) is 0 Å². The summed E-state index contributed by atoms with van der Waals surface area (Å²) in [4.78, 5) is 0. The molecular formula is C42H28. The van der Waals surface area contributed by atoms with E-state index in [1.165, 1.54) is 76.8 Å². The lowest BCUT2D eigenvalue weighted by Gasteiger charge is -2.19.